The summed E-state index contributed by atoms with van der Waals surface area (Å²) in [6.45, 7) is 9.14. The third kappa shape index (κ3) is 4.47. The molecule has 0 aliphatic carbocycles. The van der Waals surface area contributed by atoms with Gasteiger partial charge in [-0.2, -0.15) is 0 Å². The lowest BCUT2D eigenvalue weighted by Gasteiger charge is -2.12. The van der Waals surface area contributed by atoms with E-state index in [1.54, 1.807) is 6.07 Å². The van der Waals surface area contributed by atoms with Gasteiger partial charge in [0, 0.05) is 0 Å². The summed E-state index contributed by atoms with van der Waals surface area (Å²) < 4.78 is 5.32. The van der Waals surface area contributed by atoms with Gasteiger partial charge in [-0.25, -0.2) is 4.85 Å². The summed E-state index contributed by atoms with van der Waals surface area (Å²) in [4.78, 5) is 15.4. The molecule has 0 aliphatic heterocycles. The Hall–Kier alpha value is -2.60. The maximum Gasteiger partial charge on any atom is 0.309 e. The van der Waals surface area contributed by atoms with E-state index in [1.165, 1.54) is 0 Å². The van der Waals surface area contributed by atoms with Crippen LogP contribution in [0.5, 0.6) is 0 Å². The van der Waals surface area contributed by atoms with Crippen molar-refractivity contribution in [1.29, 1.82) is 0 Å². The summed E-state index contributed by atoms with van der Waals surface area (Å²) in [6.07, 6.45) is 0.580. The van der Waals surface area contributed by atoms with Crippen LogP contribution in [0.2, 0.25) is 0 Å². The van der Waals surface area contributed by atoms with Gasteiger partial charge in [-0.1, -0.05) is 67.1 Å². The average Bonchev–Trinajstić information content (AvgIpc) is 2.53. The molecule has 0 saturated heterocycles. The van der Waals surface area contributed by atoms with Crippen molar-refractivity contribution < 1.29 is 9.53 Å². The fourth-order valence-corrected chi connectivity index (χ4v) is 2.06. The number of rotatable bonds is 5. The maximum absolute atomic E-state index is 12.0. The van der Waals surface area contributed by atoms with Crippen LogP contribution in [0.1, 0.15) is 18.1 Å². The Kier molecular flexibility index (Phi) is 5.11. The van der Waals surface area contributed by atoms with Gasteiger partial charge in [-0.15, -0.1) is 0 Å². The monoisotopic (exact) mass is 279 g/mol. The molecule has 2 rings (SSSR count). The second kappa shape index (κ2) is 7.25. The Bertz CT molecular complexity index is 644. The Labute approximate surface area is 125 Å². The Morgan fingerprint density at radius 3 is 2.57 bits per heavy atom. The summed E-state index contributed by atoms with van der Waals surface area (Å²) in [5.74, 6) is -0.443. The number of nitrogens with zero attached hydrogens (tertiary/aromatic N) is 1. The van der Waals surface area contributed by atoms with Crippen molar-refractivity contribution >= 4 is 11.7 Å². The molecule has 3 nitrogen and oxygen atoms in total. The number of carbonyl (C=O) groups excluding carboxylic acids is 1. The van der Waals surface area contributed by atoms with Gasteiger partial charge >= 0.3 is 5.97 Å². The lowest BCUT2D eigenvalue weighted by atomic mass is 10.0. The second-order valence-electron chi connectivity index (χ2n) is 4.98. The standard InChI is InChI=1S/C18H17NO2/c1-14(11-16-9-6-10-17(12-16)19-2)18(20)21-13-15-7-4-3-5-8-15/h3-10,12,14H,11,13H2,1H3/t14-/m0/s1. The quantitative estimate of drug-likeness (QED) is 0.608. The van der Waals surface area contributed by atoms with Gasteiger partial charge in [0.2, 0.25) is 0 Å². The zero-order valence-electron chi connectivity index (χ0n) is 12.0. The minimum atomic E-state index is -0.227. The molecule has 3 heteroatoms. The predicted molar refractivity (Wildman–Crippen MR) is 81.8 cm³/mol. The van der Waals surface area contributed by atoms with Crippen LogP contribution in [0, 0.1) is 12.5 Å². The molecule has 1 atom stereocenters. The molecule has 0 radical (unpaired) electrons. The molecule has 0 aliphatic rings. The first-order valence-electron chi connectivity index (χ1n) is 6.86. The van der Waals surface area contributed by atoms with Gasteiger partial charge in [-0.05, 0) is 12.0 Å². The van der Waals surface area contributed by atoms with Gasteiger partial charge < -0.3 is 4.74 Å². The molecule has 0 aromatic heterocycles. The predicted octanol–water partition coefficient (Wildman–Crippen LogP) is 4.16. The van der Waals surface area contributed by atoms with Crippen LogP contribution in [0.4, 0.5) is 5.69 Å². The number of carbonyl (C=O) groups is 1. The van der Waals surface area contributed by atoms with Crippen molar-refractivity contribution in [2.45, 2.75) is 20.0 Å². The van der Waals surface area contributed by atoms with Gasteiger partial charge in [0.1, 0.15) is 6.61 Å². The van der Waals surface area contributed by atoms with Crippen molar-refractivity contribution in [3.05, 3.63) is 77.1 Å². The summed E-state index contributed by atoms with van der Waals surface area (Å²) in [5.41, 5.74) is 2.55. The third-order valence-electron chi connectivity index (χ3n) is 3.21. The summed E-state index contributed by atoms with van der Waals surface area (Å²) in [7, 11) is 0. The average molecular weight is 279 g/mol. The molecular formula is C18H17NO2. The number of esters is 1. The smallest absolute Gasteiger partial charge is 0.309 e. The molecule has 0 unspecified atom stereocenters. The molecule has 0 bridgehead atoms. The highest BCUT2D eigenvalue weighted by molar-refractivity contribution is 5.72. The summed E-state index contributed by atoms with van der Waals surface area (Å²) >= 11 is 0. The van der Waals surface area contributed by atoms with Crippen LogP contribution >= 0.6 is 0 Å². The van der Waals surface area contributed by atoms with Crippen molar-refractivity contribution in [2.75, 3.05) is 0 Å². The van der Waals surface area contributed by atoms with E-state index in [0.29, 0.717) is 18.7 Å². The number of hydrogen-bond donors (Lipinski definition) is 0. The molecular weight excluding hydrogens is 262 g/mol. The van der Waals surface area contributed by atoms with Crippen molar-refractivity contribution in [2.24, 2.45) is 5.92 Å². The Morgan fingerprint density at radius 2 is 1.86 bits per heavy atom. The highest BCUT2D eigenvalue weighted by Gasteiger charge is 2.15. The maximum atomic E-state index is 12.0. The molecule has 2 aromatic rings. The molecule has 0 saturated carbocycles. The van der Waals surface area contributed by atoms with E-state index in [1.807, 2.05) is 55.5 Å². The first-order chi connectivity index (χ1) is 10.2. The van der Waals surface area contributed by atoms with Gasteiger partial charge in [0.15, 0.2) is 5.69 Å². The largest absolute Gasteiger partial charge is 0.461 e. The lowest BCUT2D eigenvalue weighted by molar-refractivity contribution is -0.149. The van der Waals surface area contributed by atoms with Crippen LogP contribution in [0.15, 0.2) is 54.6 Å². The number of ether oxygens (including phenoxy) is 1. The Balaban J connectivity index is 1.89. The fraction of sp³-hybridized carbons (Fsp3) is 0.222. The van der Waals surface area contributed by atoms with E-state index >= 15 is 0 Å². The van der Waals surface area contributed by atoms with Crippen LogP contribution < -0.4 is 0 Å². The van der Waals surface area contributed by atoms with E-state index < -0.39 is 0 Å². The van der Waals surface area contributed by atoms with Crippen molar-refractivity contribution in [3.63, 3.8) is 0 Å². The van der Waals surface area contributed by atoms with Gasteiger partial charge in [0.25, 0.3) is 0 Å². The van der Waals surface area contributed by atoms with E-state index in [-0.39, 0.29) is 11.9 Å². The van der Waals surface area contributed by atoms with E-state index in [2.05, 4.69) is 4.85 Å². The minimum Gasteiger partial charge on any atom is -0.461 e. The van der Waals surface area contributed by atoms with Crippen molar-refractivity contribution in [3.8, 4) is 0 Å². The molecule has 2 aromatic carbocycles. The highest BCUT2D eigenvalue weighted by Crippen LogP contribution is 2.17. The van der Waals surface area contributed by atoms with Crippen molar-refractivity contribution in [1.82, 2.24) is 0 Å². The summed E-state index contributed by atoms with van der Waals surface area (Å²) in [6, 6.07) is 17.0. The fourth-order valence-electron chi connectivity index (χ4n) is 2.06. The molecule has 0 N–H and O–H groups in total. The minimum absolute atomic E-state index is 0.216. The van der Waals surface area contributed by atoms with Gasteiger partial charge in [-0.3, -0.25) is 4.79 Å². The van der Waals surface area contributed by atoms with E-state index in [9.17, 15) is 4.79 Å². The van der Waals surface area contributed by atoms with Crippen LogP contribution in [-0.2, 0) is 22.6 Å². The lowest BCUT2D eigenvalue weighted by Crippen LogP contribution is -2.17. The SMILES string of the molecule is [C-]#[N+]c1cccc(C[C@H](C)C(=O)OCc2ccccc2)c1. The highest BCUT2D eigenvalue weighted by atomic mass is 16.5. The third-order valence-corrected chi connectivity index (χ3v) is 3.21. The van der Waals surface area contributed by atoms with E-state index in [0.717, 1.165) is 11.1 Å². The summed E-state index contributed by atoms with van der Waals surface area (Å²) in [5, 5.41) is 0. The molecule has 21 heavy (non-hydrogen) atoms. The second-order valence-corrected chi connectivity index (χ2v) is 4.98. The normalized spacial score (nSPS) is 11.4. The van der Waals surface area contributed by atoms with Crippen LogP contribution in [0.25, 0.3) is 4.85 Å². The molecule has 0 spiro atoms. The molecule has 0 amide bonds. The number of benzene rings is 2. The molecule has 0 fully saturated rings. The topological polar surface area (TPSA) is 30.7 Å². The first kappa shape index (κ1) is 14.8. The van der Waals surface area contributed by atoms with Crippen LogP contribution in [0.3, 0.4) is 0 Å². The first-order valence-corrected chi connectivity index (χ1v) is 6.86. The Morgan fingerprint density at radius 1 is 1.14 bits per heavy atom. The zero-order valence-corrected chi connectivity index (χ0v) is 12.0. The van der Waals surface area contributed by atoms with Crippen LogP contribution in [-0.4, -0.2) is 5.97 Å². The molecule has 106 valence electrons. The van der Waals surface area contributed by atoms with Gasteiger partial charge in [0.05, 0.1) is 12.5 Å². The zero-order chi connectivity index (χ0) is 15.1. The molecule has 0 heterocycles. The number of hydrogen-bond acceptors (Lipinski definition) is 2. The van der Waals surface area contributed by atoms with E-state index in [4.69, 9.17) is 11.3 Å².